The van der Waals surface area contributed by atoms with Crippen molar-refractivity contribution in [3.8, 4) is 0 Å². The van der Waals surface area contributed by atoms with Crippen LogP contribution in [0.4, 0.5) is 14.4 Å². The van der Waals surface area contributed by atoms with Gasteiger partial charge in [-0.1, -0.05) is 74.5 Å². The van der Waals surface area contributed by atoms with E-state index in [0.29, 0.717) is 12.8 Å². The Balaban J connectivity index is 1.43. The van der Waals surface area contributed by atoms with Crippen LogP contribution in [-0.2, 0) is 33.7 Å². The normalized spacial score (nSPS) is 21.2. The van der Waals surface area contributed by atoms with Gasteiger partial charge in [0.25, 0.3) is 5.91 Å². The standard InChI is InChI=1S/C30H32N4O6S/c1-19(2)26-27(35)33(28(36)32-26)22(13-20-9-5-3-6-10-20)15-25-24(14-21-11-7-4-8-12-21)34(30(38)40-25)29(37)39-17-23-16-31-18-41-23/h3-12,16,18-19,22,24-26H,13-15,17H2,1-2H3,(H,32,36)/t22-,24-,25-,26?/m0/s1. The highest BCUT2D eigenvalue weighted by Gasteiger charge is 2.50. The molecule has 0 radical (unpaired) electrons. The van der Waals surface area contributed by atoms with Gasteiger partial charge in [-0.3, -0.25) is 14.7 Å². The Morgan fingerprint density at radius 2 is 1.73 bits per heavy atom. The lowest BCUT2D eigenvalue weighted by Gasteiger charge is -2.30. The van der Waals surface area contributed by atoms with Crippen LogP contribution in [0.5, 0.6) is 0 Å². The Morgan fingerprint density at radius 1 is 1.05 bits per heavy atom. The molecule has 0 aliphatic carbocycles. The fraction of sp³-hybridized carbons (Fsp3) is 0.367. The Hall–Kier alpha value is -4.25. The third kappa shape index (κ3) is 6.40. The van der Waals surface area contributed by atoms with Crippen LogP contribution in [-0.4, -0.2) is 63.1 Å². The summed E-state index contributed by atoms with van der Waals surface area (Å²) in [6.07, 6.45) is 0.0161. The predicted molar refractivity (Wildman–Crippen MR) is 151 cm³/mol. The maximum Gasteiger partial charge on any atom is 0.420 e. The van der Waals surface area contributed by atoms with Gasteiger partial charge in [0.15, 0.2) is 0 Å². The van der Waals surface area contributed by atoms with Crippen LogP contribution < -0.4 is 5.32 Å². The molecule has 1 aromatic heterocycles. The molecule has 10 nitrogen and oxygen atoms in total. The van der Waals surface area contributed by atoms with E-state index >= 15 is 0 Å². The van der Waals surface area contributed by atoms with Crippen molar-refractivity contribution in [1.82, 2.24) is 20.1 Å². The smallest absolute Gasteiger partial charge is 0.420 e. The van der Waals surface area contributed by atoms with Crippen molar-refractivity contribution >= 4 is 35.5 Å². The average molecular weight is 577 g/mol. The third-order valence-electron chi connectivity index (χ3n) is 7.37. The third-order valence-corrected chi connectivity index (χ3v) is 8.12. The molecule has 1 unspecified atom stereocenters. The minimum Gasteiger partial charge on any atom is -0.443 e. The van der Waals surface area contributed by atoms with Gasteiger partial charge in [-0.2, -0.15) is 0 Å². The molecule has 4 atom stereocenters. The molecule has 11 heteroatoms. The number of cyclic esters (lactones) is 1. The molecule has 5 rings (SSSR count). The van der Waals surface area contributed by atoms with E-state index in [1.54, 1.807) is 11.7 Å². The second-order valence-corrected chi connectivity index (χ2v) is 11.5. The topological polar surface area (TPSA) is 118 Å². The van der Waals surface area contributed by atoms with Gasteiger partial charge in [0.05, 0.1) is 16.4 Å². The summed E-state index contributed by atoms with van der Waals surface area (Å²) in [4.78, 5) is 59.9. The summed E-state index contributed by atoms with van der Waals surface area (Å²) < 4.78 is 11.3. The molecule has 41 heavy (non-hydrogen) atoms. The number of ether oxygens (including phenoxy) is 2. The number of imide groups is 2. The predicted octanol–water partition coefficient (Wildman–Crippen LogP) is 4.79. The van der Waals surface area contributed by atoms with E-state index in [1.807, 2.05) is 74.5 Å². The number of amides is 5. The number of rotatable bonds is 10. The highest BCUT2D eigenvalue weighted by Crippen LogP contribution is 2.31. The maximum atomic E-state index is 13.4. The summed E-state index contributed by atoms with van der Waals surface area (Å²) in [5.41, 5.74) is 3.46. The Bertz CT molecular complexity index is 1370. The van der Waals surface area contributed by atoms with Gasteiger partial charge in [-0.05, 0) is 29.9 Å². The van der Waals surface area contributed by atoms with Crippen molar-refractivity contribution in [2.45, 2.75) is 63.9 Å². The van der Waals surface area contributed by atoms with Crippen molar-refractivity contribution in [1.29, 1.82) is 0 Å². The summed E-state index contributed by atoms with van der Waals surface area (Å²) in [7, 11) is 0. The molecule has 2 aliphatic rings. The molecule has 0 spiro atoms. The SMILES string of the molecule is CC(C)C1NC(=O)N([C@@H](Cc2ccccc2)C[C@@H]2OC(=O)N(C(=O)OCc3cncs3)[C@H]2Cc2ccccc2)C1=O. The second kappa shape index (κ2) is 12.5. The Labute approximate surface area is 242 Å². The summed E-state index contributed by atoms with van der Waals surface area (Å²) in [5.74, 6) is -0.400. The molecule has 214 valence electrons. The minimum atomic E-state index is -0.819. The summed E-state index contributed by atoms with van der Waals surface area (Å²) >= 11 is 1.34. The molecule has 2 aliphatic heterocycles. The van der Waals surface area contributed by atoms with Crippen LogP contribution in [0.2, 0.25) is 0 Å². The number of benzene rings is 2. The number of carbonyl (C=O) groups is 4. The number of hydrogen-bond donors (Lipinski definition) is 1. The number of nitrogens with one attached hydrogen (secondary N) is 1. The van der Waals surface area contributed by atoms with Crippen molar-refractivity contribution < 1.29 is 28.7 Å². The van der Waals surface area contributed by atoms with Gasteiger partial charge < -0.3 is 14.8 Å². The van der Waals surface area contributed by atoms with E-state index < -0.39 is 42.4 Å². The first-order valence-corrected chi connectivity index (χ1v) is 14.4. The summed E-state index contributed by atoms with van der Waals surface area (Å²) in [5, 5.41) is 2.80. The van der Waals surface area contributed by atoms with Crippen LogP contribution in [0.3, 0.4) is 0 Å². The maximum absolute atomic E-state index is 13.4. The van der Waals surface area contributed by atoms with Crippen molar-refractivity contribution in [3.05, 3.63) is 88.4 Å². The summed E-state index contributed by atoms with van der Waals surface area (Å²) in [6.45, 7) is 3.73. The molecule has 2 saturated heterocycles. The fourth-order valence-electron chi connectivity index (χ4n) is 5.32. The van der Waals surface area contributed by atoms with Crippen LogP contribution in [0.15, 0.2) is 72.4 Å². The molecular formula is C30H32N4O6S. The van der Waals surface area contributed by atoms with Gasteiger partial charge in [0.2, 0.25) is 0 Å². The summed E-state index contributed by atoms with van der Waals surface area (Å²) in [6, 6.07) is 16.6. The van der Waals surface area contributed by atoms with E-state index in [0.717, 1.165) is 20.9 Å². The van der Waals surface area contributed by atoms with E-state index in [1.165, 1.54) is 16.2 Å². The van der Waals surface area contributed by atoms with Gasteiger partial charge in [-0.15, -0.1) is 11.3 Å². The van der Waals surface area contributed by atoms with E-state index in [2.05, 4.69) is 10.3 Å². The zero-order chi connectivity index (χ0) is 28.9. The number of urea groups is 1. The van der Waals surface area contributed by atoms with Crippen molar-refractivity contribution in [3.63, 3.8) is 0 Å². The van der Waals surface area contributed by atoms with Gasteiger partial charge in [-0.25, -0.2) is 19.3 Å². The monoisotopic (exact) mass is 576 g/mol. The first-order chi connectivity index (χ1) is 19.8. The zero-order valence-corrected chi connectivity index (χ0v) is 23.7. The highest BCUT2D eigenvalue weighted by molar-refractivity contribution is 7.09. The molecule has 0 saturated carbocycles. The lowest BCUT2D eigenvalue weighted by atomic mass is 9.92. The van der Waals surface area contributed by atoms with E-state index in [4.69, 9.17) is 9.47 Å². The molecule has 3 aromatic rings. The fourth-order valence-corrected chi connectivity index (χ4v) is 5.83. The highest BCUT2D eigenvalue weighted by atomic mass is 32.1. The molecular weight excluding hydrogens is 544 g/mol. The Morgan fingerprint density at radius 3 is 2.34 bits per heavy atom. The molecule has 1 N–H and O–H groups in total. The molecule has 2 aromatic carbocycles. The van der Waals surface area contributed by atoms with Crippen LogP contribution in [0.25, 0.3) is 0 Å². The van der Waals surface area contributed by atoms with Crippen LogP contribution in [0.1, 0.15) is 36.3 Å². The van der Waals surface area contributed by atoms with E-state index in [-0.39, 0.29) is 24.9 Å². The first kappa shape index (κ1) is 28.3. The van der Waals surface area contributed by atoms with Gasteiger partial charge in [0, 0.05) is 18.7 Å². The lowest BCUT2D eigenvalue weighted by Crippen LogP contribution is -2.48. The van der Waals surface area contributed by atoms with Crippen LogP contribution in [0, 0.1) is 5.92 Å². The molecule has 3 heterocycles. The lowest BCUT2D eigenvalue weighted by molar-refractivity contribution is -0.130. The number of nitrogens with zero attached hydrogens (tertiary/aromatic N) is 3. The zero-order valence-electron chi connectivity index (χ0n) is 22.8. The quantitative estimate of drug-likeness (QED) is 0.345. The van der Waals surface area contributed by atoms with Crippen molar-refractivity contribution in [2.75, 3.05) is 0 Å². The van der Waals surface area contributed by atoms with Crippen LogP contribution >= 0.6 is 11.3 Å². The molecule has 0 bridgehead atoms. The Kier molecular flexibility index (Phi) is 8.63. The first-order valence-electron chi connectivity index (χ1n) is 13.6. The number of thiazole rings is 1. The number of hydrogen-bond acceptors (Lipinski definition) is 8. The van der Waals surface area contributed by atoms with Gasteiger partial charge >= 0.3 is 18.2 Å². The van der Waals surface area contributed by atoms with E-state index in [9.17, 15) is 19.2 Å². The second-order valence-electron chi connectivity index (χ2n) is 10.5. The molecule has 2 fully saturated rings. The largest absolute Gasteiger partial charge is 0.443 e. The minimum absolute atomic E-state index is 0.0221. The van der Waals surface area contributed by atoms with Gasteiger partial charge in [0.1, 0.15) is 18.8 Å². The van der Waals surface area contributed by atoms with Crippen molar-refractivity contribution in [2.24, 2.45) is 5.92 Å². The number of carbonyl (C=O) groups excluding carboxylic acids is 4. The molecule has 5 amide bonds. The average Bonchev–Trinajstić information content (AvgIpc) is 3.66. The number of aromatic nitrogens is 1.